The maximum atomic E-state index is 5.87. The number of anilines is 2. The number of hydrogen-bond donors (Lipinski definition) is 2. The van der Waals surface area contributed by atoms with Crippen LogP contribution in [0.15, 0.2) is 48.8 Å². The number of hydrogen-bond acceptors (Lipinski definition) is 5. The number of fused-ring (bicyclic) bond motifs is 1. The van der Waals surface area contributed by atoms with Gasteiger partial charge in [0.1, 0.15) is 17.9 Å². The summed E-state index contributed by atoms with van der Waals surface area (Å²) in [6.07, 6.45) is 2.47. The van der Waals surface area contributed by atoms with Crippen LogP contribution in [-0.4, -0.2) is 23.1 Å². The van der Waals surface area contributed by atoms with E-state index in [1.165, 1.54) is 5.56 Å². The molecule has 3 aromatic rings. The van der Waals surface area contributed by atoms with E-state index in [1.54, 1.807) is 6.33 Å². The predicted molar refractivity (Wildman–Crippen MR) is 103 cm³/mol. The summed E-state index contributed by atoms with van der Waals surface area (Å²) in [6.45, 7) is 5.81. The molecule has 1 heterocycles. The number of benzene rings is 2. The molecular weight excluding hydrogens is 312 g/mol. The molecule has 0 amide bonds. The fourth-order valence-corrected chi connectivity index (χ4v) is 2.56. The van der Waals surface area contributed by atoms with E-state index in [1.807, 2.05) is 30.3 Å². The molecule has 3 N–H and O–H groups in total. The van der Waals surface area contributed by atoms with Gasteiger partial charge in [0.15, 0.2) is 0 Å². The van der Waals surface area contributed by atoms with E-state index in [2.05, 4.69) is 41.3 Å². The van der Waals surface area contributed by atoms with Crippen molar-refractivity contribution in [1.29, 1.82) is 0 Å². The molecule has 3 rings (SSSR count). The van der Waals surface area contributed by atoms with Crippen molar-refractivity contribution in [2.24, 2.45) is 5.92 Å². The minimum absolute atomic E-state index is 0.528. The molecule has 0 aliphatic carbocycles. The molecule has 0 unspecified atom stereocenters. The summed E-state index contributed by atoms with van der Waals surface area (Å²) < 4.78 is 5.71. The van der Waals surface area contributed by atoms with Crippen LogP contribution in [0.25, 0.3) is 10.9 Å². The molecule has 0 spiro atoms. The van der Waals surface area contributed by atoms with Gasteiger partial charge >= 0.3 is 0 Å². The Bertz CT molecular complexity index is 831. The first-order chi connectivity index (χ1) is 12.1. The average Bonchev–Trinajstić information content (AvgIpc) is 2.61. The van der Waals surface area contributed by atoms with Crippen molar-refractivity contribution in [3.63, 3.8) is 0 Å². The zero-order valence-electron chi connectivity index (χ0n) is 14.7. The second kappa shape index (κ2) is 7.83. The van der Waals surface area contributed by atoms with Gasteiger partial charge in [-0.15, -0.1) is 0 Å². The Balaban J connectivity index is 1.59. The van der Waals surface area contributed by atoms with Gasteiger partial charge in [-0.25, -0.2) is 9.97 Å². The van der Waals surface area contributed by atoms with Crippen LogP contribution in [0.4, 0.5) is 11.5 Å². The predicted octanol–water partition coefficient (Wildman–Crippen LogP) is 3.90. The van der Waals surface area contributed by atoms with E-state index in [0.717, 1.165) is 42.0 Å². The van der Waals surface area contributed by atoms with Gasteiger partial charge < -0.3 is 15.8 Å². The molecule has 25 heavy (non-hydrogen) atoms. The van der Waals surface area contributed by atoms with Crippen molar-refractivity contribution < 1.29 is 4.74 Å². The van der Waals surface area contributed by atoms with Gasteiger partial charge in [0.2, 0.25) is 0 Å². The van der Waals surface area contributed by atoms with Crippen LogP contribution in [0.5, 0.6) is 5.75 Å². The first-order valence-electron chi connectivity index (χ1n) is 8.57. The lowest BCUT2D eigenvalue weighted by molar-refractivity contribution is 0.271. The number of nitrogens with two attached hydrogens (primary N) is 1. The number of rotatable bonds is 7. The van der Waals surface area contributed by atoms with E-state index in [4.69, 9.17) is 10.5 Å². The highest BCUT2D eigenvalue weighted by atomic mass is 16.5. The van der Waals surface area contributed by atoms with Crippen molar-refractivity contribution in [1.82, 2.24) is 9.97 Å². The molecule has 1 aromatic heterocycles. The topological polar surface area (TPSA) is 73.1 Å². The molecule has 0 saturated carbocycles. The van der Waals surface area contributed by atoms with E-state index < -0.39 is 0 Å². The normalized spacial score (nSPS) is 11.0. The first-order valence-corrected chi connectivity index (χ1v) is 8.57. The second-order valence-corrected chi connectivity index (χ2v) is 6.52. The summed E-state index contributed by atoms with van der Waals surface area (Å²) in [7, 11) is 0. The summed E-state index contributed by atoms with van der Waals surface area (Å²) in [5.74, 6) is 2.26. The minimum atomic E-state index is 0.528. The van der Waals surface area contributed by atoms with E-state index in [-0.39, 0.29) is 0 Å². The Kier molecular flexibility index (Phi) is 5.33. The van der Waals surface area contributed by atoms with Crippen LogP contribution < -0.4 is 15.8 Å². The molecule has 0 saturated heterocycles. The quantitative estimate of drug-likeness (QED) is 0.640. The first kappa shape index (κ1) is 17.0. The molecule has 5 nitrogen and oxygen atoms in total. The molecule has 130 valence electrons. The average molecular weight is 336 g/mol. The summed E-state index contributed by atoms with van der Waals surface area (Å²) in [6, 6.07) is 13.9. The third-order valence-corrected chi connectivity index (χ3v) is 3.87. The van der Waals surface area contributed by atoms with Gasteiger partial charge in [-0.05, 0) is 48.2 Å². The van der Waals surface area contributed by atoms with Crippen LogP contribution in [-0.2, 0) is 6.42 Å². The highest BCUT2D eigenvalue weighted by Crippen LogP contribution is 2.21. The Labute approximate surface area is 148 Å². The lowest BCUT2D eigenvalue weighted by Gasteiger charge is -2.10. The lowest BCUT2D eigenvalue weighted by Crippen LogP contribution is -2.07. The maximum Gasteiger partial charge on any atom is 0.137 e. The summed E-state index contributed by atoms with van der Waals surface area (Å²) >= 11 is 0. The molecule has 0 radical (unpaired) electrons. The molecule has 0 aliphatic heterocycles. The third kappa shape index (κ3) is 4.59. The summed E-state index contributed by atoms with van der Waals surface area (Å²) in [4.78, 5) is 8.60. The van der Waals surface area contributed by atoms with E-state index >= 15 is 0 Å². The highest BCUT2D eigenvalue weighted by Gasteiger charge is 2.04. The Hall–Kier alpha value is -2.82. The van der Waals surface area contributed by atoms with E-state index in [0.29, 0.717) is 11.6 Å². The zero-order valence-corrected chi connectivity index (χ0v) is 14.7. The SMILES string of the molecule is CC(C)COc1ccc(CCNc2ncnc3ccc(N)cc23)cc1. The fraction of sp³-hybridized carbons (Fsp3) is 0.300. The van der Waals surface area contributed by atoms with Gasteiger partial charge in [0.05, 0.1) is 12.1 Å². The van der Waals surface area contributed by atoms with Crippen LogP contribution in [0.2, 0.25) is 0 Å². The molecule has 0 bridgehead atoms. The van der Waals surface area contributed by atoms with Crippen molar-refractivity contribution in [3.8, 4) is 5.75 Å². The Morgan fingerprint density at radius 2 is 1.88 bits per heavy atom. The number of ether oxygens (including phenoxy) is 1. The van der Waals surface area contributed by atoms with Gasteiger partial charge in [-0.2, -0.15) is 0 Å². The van der Waals surface area contributed by atoms with E-state index in [9.17, 15) is 0 Å². The van der Waals surface area contributed by atoms with Crippen LogP contribution in [0.1, 0.15) is 19.4 Å². The van der Waals surface area contributed by atoms with Gasteiger partial charge in [-0.3, -0.25) is 0 Å². The molecule has 0 aliphatic rings. The van der Waals surface area contributed by atoms with Crippen LogP contribution >= 0.6 is 0 Å². The number of nitrogen functional groups attached to an aromatic ring is 1. The molecule has 5 heteroatoms. The van der Waals surface area contributed by atoms with Crippen molar-refractivity contribution in [2.75, 3.05) is 24.2 Å². The largest absolute Gasteiger partial charge is 0.493 e. The Morgan fingerprint density at radius 1 is 1.08 bits per heavy atom. The van der Waals surface area contributed by atoms with Crippen LogP contribution in [0, 0.1) is 5.92 Å². The monoisotopic (exact) mass is 336 g/mol. The number of aromatic nitrogens is 2. The highest BCUT2D eigenvalue weighted by molar-refractivity contribution is 5.91. The molecule has 2 aromatic carbocycles. The lowest BCUT2D eigenvalue weighted by atomic mass is 10.1. The third-order valence-electron chi connectivity index (χ3n) is 3.87. The fourth-order valence-electron chi connectivity index (χ4n) is 2.56. The molecular formula is C20H24N4O. The number of nitrogens with one attached hydrogen (secondary N) is 1. The molecule has 0 fully saturated rings. The summed E-state index contributed by atoms with van der Waals surface area (Å²) in [5, 5.41) is 4.32. The number of nitrogens with zero attached hydrogens (tertiary/aromatic N) is 2. The van der Waals surface area contributed by atoms with Crippen molar-refractivity contribution in [2.45, 2.75) is 20.3 Å². The second-order valence-electron chi connectivity index (χ2n) is 6.52. The standard InChI is InChI=1S/C20H24N4O/c1-14(2)12-25-17-6-3-15(4-7-17)9-10-22-20-18-11-16(21)5-8-19(18)23-13-24-20/h3-8,11,13-14H,9-10,12,21H2,1-2H3,(H,22,23,24). The smallest absolute Gasteiger partial charge is 0.137 e. The van der Waals surface area contributed by atoms with Crippen molar-refractivity contribution in [3.05, 3.63) is 54.4 Å². The van der Waals surface area contributed by atoms with Gasteiger partial charge in [0.25, 0.3) is 0 Å². The maximum absolute atomic E-state index is 5.87. The van der Waals surface area contributed by atoms with Crippen LogP contribution in [0.3, 0.4) is 0 Å². The van der Waals surface area contributed by atoms with Crippen molar-refractivity contribution >= 4 is 22.4 Å². The van der Waals surface area contributed by atoms with Gasteiger partial charge in [-0.1, -0.05) is 26.0 Å². The minimum Gasteiger partial charge on any atom is -0.493 e. The zero-order chi connectivity index (χ0) is 17.6. The summed E-state index contributed by atoms with van der Waals surface area (Å²) in [5.41, 5.74) is 8.72. The van der Waals surface area contributed by atoms with Gasteiger partial charge in [0, 0.05) is 17.6 Å². The Morgan fingerprint density at radius 3 is 2.64 bits per heavy atom. The molecule has 0 atom stereocenters.